The molecule has 0 saturated heterocycles. The predicted octanol–water partition coefficient (Wildman–Crippen LogP) is 2.50. The maximum atomic E-state index is 11.7. The molecule has 6 heteroatoms. The van der Waals surface area contributed by atoms with Gasteiger partial charge in [0.05, 0.1) is 6.42 Å². The molecule has 0 radical (unpaired) electrons. The van der Waals surface area contributed by atoms with Crippen LogP contribution >= 0.6 is 11.6 Å². The minimum Gasteiger partial charge on any atom is -0.456 e. The fourth-order valence-corrected chi connectivity index (χ4v) is 1.84. The highest BCUT2D eigenvalue weighted by molar-refractivity contribution is 6.30. The molecule has 0 unspecified atom stereocenters. The molecular formula is C15H15ClN2O3. The zero-order valence-electron chi connectivity index (χ0n) is 11.5. The number of furan rings is 1. The maximum Gasteiger partial charge on any atom is 0.305 e. The van der Waals surface area contributed by atoms with Crippen LogP contribution in [0.2, 0.25) is 5.02 Å². The molecule has 5 nitrogen and oxygen atoms in total. The molecule has 0 bridgehead atoms. The first-order valence-corrected chi connectivity index (χ1v) is 6.88. The quantitative estimate of drug-likeness (QED) is 0.853. The highest BCUT2D eigenvalue weighted by Gasteiger charge is 2.11. The molecule has 0 atom stereocenters. The van der Waals surface area contributed by atoms with E-state index in [0.29, 0.717) is 17.2 Å². The summed E-state index contributed by atoms with van der Waals surface area (Å²) in [6.07, 6.45) is 0.853. The predicted molar refractivity (Wildman–Crippen MR) is 78.9 cm³/mol. The lowest BCUT2D eigenvalue weighted by molar-refractivity contribution is -0.121. The van der Waals surface area contributed by atoms with Gasteiger partial charge < -0.3 is 4.42 Å². The third-order valence-corrected chi connectivity index (χ3v) is 3.08. The van der Waals surface area contributed by atoms with E-state index in [1.165, 1.54) is 0 Å². The van der Waals surface area contributed by atoms with Gasteiger partial charge in [0, 0.05) is 11.4 Å². The summed E-state index contributed by atoms with van der Waals surface area (Å²) in [5.74, 6) is 0.0679. The van der Waals surface area contributed by atoms with Crippen LogP contribution in [0, 0.1) is 0 Å². The maximum absolute atomic E-state index is 11.7. The van der Waals surface area contributed by atoms with Gasteiger partial charge in [-0.2, -0.15) is 0 Å². The Labute approximate surface area is 127 Å². The van der Waals surface area contributed by atoms with E-state index in [4.69, 9.17) is 16.0 Å². The van der Waals surface area contributed by atoms with Gasteiger partial charge in [-0.05, 0) is 29.8 Å². The van der Waals surface area contributed by atoms with E-state index in [2.05, 4.69) is 10.9 Å². The van der Waals surface area contributed by atoms with Crippen molar-refractivity contribution in [2.24, 2.45) is 0 Å². The van der Waals surface area contributed by atoms with E-state index >= 15 is 0 Å². The largest absolute Gasteiger partial charge is 0.456 e. The van der Waals surface area contributed by atoms with E-state index in [1.807, 2.05) is 6.92 Å². The first-order valence-electron chi connectivity index (χ1n) is 6.51. The first kappa shape index (κ1) is 15.1. The Balaban J connectivity index is 1.83. The number of benzene rings is 1. The van der Waals surface area contributed by atoms with Crippen LogP contribution in [-0.4, -0.2) is 11.8 Å². The van der Waals surface area contributed by atoms with Gasteiger partial charge in [-0.3, -0.25) is 20.4 Å². The van der Waals surface area contributed by atoms with Gasteiger partial charge >= 0.3 is 5.91 Å². The Morgan fingerprint density at radius 1 is 1.10 bits per heavy atom. The first-order chi connectivity index (χ1) is 10.1. The van der Waals surface area contributed by atoms with Crippen molar-refractivity contribution in [2.45, 2.75) is 19.8 Å². The molecule has 2 aromatic rings. The standard InChI is InChI=1S/C15H15ClN2O3/c1-2-12-7-8-13(21-12)15(20)18-17-14(19)9-10-3-5-11(16)6-4-10/h3-8H,2,9H2,1H3,(H,17,19)(H,18,20). The number of hydrogen-bond donors (Lipinski definition) is 2. The van der Waals surface area contributed by atoms with Crippen molar-refractivity contribution in [3.8, 4) is 0 Å². The summed E-state index contributed by atoms with van der Waals surface area (Å²) >= 11 is 5.76. The van der Waals surface area contributed by atoms with E-state index in [-0.39, 0.29) is 18.1 Å². The molecule has 1 aromatic heterocycles. The zero-order valence-corrected chi connectivity index (χ0v) is 12.2. The molecule has 2 amide bonds. The van der Waals surface area contributed by atoms with Crippen LogP contribution in [-0.2, 0) is 17.6 Å². The zero-order chi connectivity index (χ0) is 15.2. The van der Waals surface area contributed by atoms with Gasteiger partial charge in [0.2, 0.25) is 5.91 Å². The summed E-state index contributed by atoms with van der Waals surface area (Å²) in [6.45, 7) is 1.93. The number of carbonyl (C=O) groups is 2. The number of hydrazine groups is 1. The monoisotopic (exact) mass is 306 g/mol. The summed E-state index contributed by atoms with van der Waals surface area (Å²) in [7, 11) is 0. The van der Waals surface area contributed by atoms with Crippen molar-refractivity contribution in [3.05, 3.63) is 58.5 Å². The SMILES string of the molecule is CCc1ccc(C(=O)NNC(=O)Cc2ccc(Cl)cc2)o1. The van der Waals surface area contributed by atoms with Crippen molar-refractivity contribution in [2.75, 3.05) is 0 Å². The van der Waals surface area contributed by atoms with Gasteiger partial charge in [-0.1, -0.05) is 30.7 Å². The minimum atomic E-state index is -0.487. The number of aryl methyl sites for hydroxylation is 1. The van der Waals surface area contributed by atoms with Gasteiger partial charge in [-0.25, -0.2) is 0 Å². The van der Waals surface area contributed by atoms with Gasteiger partial charge in [0.25, 0.3) is 0 Å². The molecular weight excluding hydrogens is 292 g/mol. The third-order valence-electron chi connectivity index (χ3n) is 2.83. The van der Waals surface area contributed by atoms with Crippen molar-refractivity contribution >= 4 is 23.4 Å². The highest BCUT2D eigenvalue weighted by Crippen LogP contribution is 2.10. The van der Waals surface area contributed by atoms with Crippen LogP contribution in [0.25, 0.3) is 0 Å². The number of hydrogen-bond acceptors (Lipinski definition) is 3. The van der Waals surface area contributed by atoms with E-state index < -0.39 is 5.91 Å². The van der Waals surface area contributed by atoms with Crippen LogP contribution in [0.3, 0.4) is 0 Å². The molecule has 0 aliphatic carbocycles. The van der Waals surface area contributed by atoms with E-state index in [1.54, 1.807) is 36.4 Å². The average molecular weight is 307 g/mol. The molecule has 1 aromatic carbocycles. The fourth-order valence-electron chi connectivity index (χ4n) is 1.71. The van der Waals surface area contributed by atoms with E-state index in [0.717, 1.165) is 5.56 Å². The lowest BCUT2D eigenvalue weighted by Gasteiger charge is -2.06. The molecule has 110 valence electrons. The van der Waals surface area contributed by atoms with Crippen LogP contribution < -0.4 is 10.9 Å². The summed E-state index contributed by atoms with van der Waals surface area (Å²) < 4.78 is 5.28. The average Bonchev–Trinajstić information content (AvgIpc) is 2.96. The molecule has 0 spiro atoms. The smallest absolute Gasteiger partial charge is 0.305 e. The topological polar surface area (TPSA) is 71.3 Å². The number of nitrogens with one attached hydrogen (secondary N) is 2. The number of halogens is 1. The van der Waals surface area contributed by atoms with Crippen LogP contribution in [0.1, 0.15) is 28.8 Å². The second-order valence-electron chi connectivity index (χ2n) is 4.43. The Morgan fingerprint density at radius 2 is 1.81 bits per heavy atom. The highest BCUT2D eigenvalue weighted by atomic mass is 35.5. The van der Waals surface area contributed by atoms with Gasteiger partial charge in [-0.15, -0.1) is 0 Å². The molecule has 1 heterocycles. The minimum absolute atomic E-state index is 0.149. The normalized spacial score (nSPS) is 10.2. The van der Waals surface area contributed by atoms with E-state index in [9.17, 15) is 9.59 Å². The van der Waals surface area contributed by atoms with Crippen molar-refractivity contribution in [1.29, 1.82) is 0 Å². The lowest BCUT2D eigenvalue weighted by Crippen LogP contribution is -2.42. The van der Waals surface area contributed by atoms with Crippen LogP contribution in [0.4, 0.5) is 0 Å². The molecule has 0 aliphatic rings. The lowest BCUT2D eigenvalue weighted by atomic mass is 10.1. The Morgan fingerprint density at radius 3 is 2.43 bits per heavy atom. The second kappa shape index (κ2) is 6.95. The molecule has 0 saturated carbocycles. The summed E-state index contributed by atoms with van der Waals surface area (Å²) in [4.78, 5) is 23.4. The molecule has 21 heavy (non-hydrogen) atoms. The Bertz CT molecular complexity index is 635. The van der Waals surface area contributed by atoms with Crippen LogP contribution in [0.5, 0.6) is 0 Å². The summed E-state index contributed by atoms with van der Waals surface area (Å²) in [6, 6.07) is 10.2. The van der Waals surface area contributed by atoms with Gasteiger partial charge in [0.1, 0.15) is 5.76 Å². The van der Waals surface area contributed by atoms with Crippen molar-refractivity contribution in [3.63, 3.8) is 0 Å². The molecule has 2 N–H and O–H groups in total. The van der Waals surface area contributed by atoms with Crippen LogP contribution in [0.15, 0.2) is 40.8 Å². The Hall–Kier alpha value is -2.27. The summed E-state index contributed by atoms with van der Waals surface area (Å²) in [5, 5.41) is 0.608. The number of amides is 2. The molecule has 0 fully saturated rings. The molecule has 0 aliphatic heterocycles. The molecule has 2 rings (SSSR count). The van der Waals surface area contributed by atoms with Crippen molar-refractivity contribution < 1.29 is 14.0 Å². The number of carbonyl (C=O) groups excluding carboxylic acids is 2. The third kappa shape index (κ3) is 4.36. The van der Waals surface area contributed by atoms with Gasteiger partial charge in [0.15, 0.2) is 5.76 Å². The summed E-state index contributed by atoms with van der Waals surface area (Å²) in [5.41, 5.74) is 5.45. The Kier molecular flexibility index (Phi) is 5.00. The fraction of sp³-hybridized carbons (Fsp3) is 0.200. The second-order valence-corrected chi connectivity index (χ2v) is 4.86. The number of rotatable bonds is 4. The van der Waals surface area contributed by atoms with Crippen molar-refractivity contribution in [1.82, 2.24) is 10.9 Å².